The van der Waals surface area contributed by atoms with E-state index in [2.05, 4.69) is 15.2 Å². The highest BCUT2D eigenvalue weighted by Gasteiger charge is 2.51. The molecular weight excluding hydrogens is 530 g/mol. The van der Waals surface area contributed by atoms with Crippen molar-refractivity contribution in [3.63, 3.8) is 0 Å². The lowest BCUT2D eigenvalue weighted by Crippen LogP contribution is -2.46. The normalized spacial score (nSPS) is 18.7. The fourth-order valence-corrected chi connectivity index (χ4v) is 5.44. The van der Waals surface area contributed by atoms with Crippen LogP contribution in [0.25, 0.3) is 10.9 Å². The number of Topliss-reactive ketones (excluding diaryl/α,β-unsaturated/α-hetero) is 1. The van der Waals surface area contributed by atoms with Crippen molar-refractivity contribution in [2.24, 2.45) is 5.41 Å². The Labute approximate surface area is 228 Å². The number of carbonyl (C=O) groups is 3. The first-order chi connectivity index (χ1) is 19.0. The number of carboxylic acid groups (broad SMARTS) is 1. The molecule has 7 nitrogen and oxygen atoms in total. The Morgan fingerprint density at radius 3 is 2.38 bits per heavy atom. The van der Waals surface area contributed by atoms with Gasteiger partial charge in [0.25, 0.3) is 0 Å². The summed E-state index contributed by atoms with van der Waals surface area (Å²) in [4.78, 5) is 41.1. The van der Waals surface area contributed by atoms with Crippen LogP contribution in [0.4, 0.5) is 17.6 Å². The third-order valence-corrected chi connectivity index (χ3v) is 7.64. The van der Waals surface area contributed by atoms with Gasteiger partial charge in [-0.3, -0.25) is 14.6 Å². The Hall–Kier alpha value is -3.86. The third-order valence-electron chi connectivity index (χ3n) is 7.64. The van der Waals surface area contributed by atoms with E-state index in [9.17, 15) is 27.2 Å². The van der Waals surface area contributed by atoms with Gasteiger partial charge in [-0.15, -0.1) is 0 Å². The number of rotatable bonds is 6. The molecule has 2 saturated heterocycles. The maximum absolute atomic E-state index is 13.4. The number of carbonyl (C=O) groups excluding carboxylic acids is 2. The molecule has 5 rings (SSSR count). The van der Waals surface area contributed by atoms with Crippen LogP contribution in [0.15, 0.2) is 60.8 Å². The van der Waals surface area contributed by atoms with E-state index in [1.54, 1.807) is 6.20 Å². The quantitative estimate of drug-likeness (QED) is 0.327. The number of alkyl halides is 3. The minimum Gasteiger partial charge on any atom is -0.475 e. The van der Waals surface area contributed by atoms with Crippen LogP contribution in [0.5, 0.6) is 0 Å². The van der Waals surface area contributed by atoms with Crippen LogP contribution in [-0.4, -0.2) is 65.0 Å². The first-order valence-electron chi connectivity index (χ1n) is 12.9. The van der Waals surface area contributed by atoms with Crippen molar-refractivity contribution < 1.29 is 37.1 Å². The van der Waals surface area contributed by atoms with E-state index in [0.29, 0.717) is 18.5 Å². The van der Waals surface area contributed by atoms with Gasteiger partial charge in [-0.2, -0.15) is 13.2 Å². The van der Waals surface area contributed by atoms with Crippen LogP contribution in [0, 0.1) is 11.2 Å². The molecule has 2 aliphatic heterocycles. The molecule has 1 spiro atoms. The Morgan fingerprint density at radius 2 is 1.73 bits per heavy atom. The Balaban J connectivity index is 0.000000470. The molecular formula is C29H29F4N3O4. The van der Waals surface area contributed by atoms with Gasteiger partial charge in [-0.25, -0.2) is 9.18 Å². The van der Waals surface area contributed by atoms with Crippen molar-refractivity contribution in [3.8, 4) is 0 Å². The first kappa shape index (κ1) is 29.1. The summed E-state index contributed by atoms with van der Waals surface area (Å²) in [6, 6.07) is 16.3. The number of para-hydroxylation sites is 1. The fraction of sp³-hybridized carbons (Fsp3) is 0.379. The summed E-state index contributed by atoms with van der Waals surface area (Å²) < 4.78 is 45.1. The van der Waals surface area contributed by atoms with E-state index in [1.165, 1.54) is 12.1 Å². The maximum atomic E-state index is 13.4. The molecule has 2 N–H and O–H groups in total. The number of aliphatic carboxylic acids is 1. The van der Waals surface area contributed by atoms with Crippen LogP contribution < -0.4 is 5.32 Å². The number of hydrogen-bond acceptors (Lipinski definition) is 5. The van der Waals surface area contributed by atoms with Crippen LogP contribution in [-0.2, 0) is 9.59 Å². The third kappa shape index (κ3) is 6.64. The molecule has 40 heavy (non-hydrogen) atoms. The summed E-state index contributed by atoms with van der Waals surface area (Å²) in [5.41, 5.74) is 2.17. The van der Waals surface area contributed by atoms with E-state index in [-0.39, 0.29) is 23.4 Å². The van der Waals surface area contributed by atoms with Crippen molar-refractivity contribution in [1.29, 1.82) is 0 Å². The van der Waals surface area contributed by atoms with Gasteiger partial charge in [-0.05, 0) is 68.7 Å². The van der Waals surface area contributed by atoms with Crippen LogP contribution in [0.2, 0.25) is 0 Å². The SMILES string of the molecule is O=C(CCCN1CCC2(CC1)C(=O)NCC2c1ccc(F)cc1)c1cnc2ccccc2c1.O=C(O)C(F)(F)F. The highest BCUT2D eigenvalue weighted by molar-refractivity contribution is 5.98. The zero-order valence-electron chi connectivity index (χ0n) is 21.6. The molecule has 1 atom stereocenters. The second kappa shape index (κ2) is 12.1. The number of amides is 1. The standard InChI is InChI=1S/C27H28FN3O2.C2HF3O2/c28-22-9-7-19(8-10-22)23-18-30-26(33)27(23)11-14-31(15-12-27)13-3-6-25(32)21-16-20-4-1-2-5-24(20)29-17-21;3-2(4,5)1(6)7/h1-2,4-5,7-10,16-17,23H,3,6,11-15,18H2,(H,30,33);(H,6,7). The molecule has 2 fully saturated rings. The first-order valence-corrected chi connectivity index (χ1v) is 12.9. The van der Waals surface area contributed by atoms with Gasteiger partial charge >= 0.3 is 12.1 Å². The molecule has 2 aliphatic rings. The molecule has 0 bridgehead atoms. The summed E-state index contributed by atoms with van der Waals surface area (Å²) in [6.07, 6.45) is -0.580. The number of nitrogens with one attached hydrogen (secondary N) is 1. The monoisotopic (exact) mass is 559 g/mol. The van der Waals surface area contributed by atoms with Gasteiger partial charge in [0.15, 0.2) is 5.78 Å². The minimum atomic E-state index is -5.08. The predicted molar refractivity (Wildman–Crippen MR) is 139 cm³/mol. The molecule has 2 aromatic carbocycles. The van der Waals surface area contributed by atoms with E-state index in [0.717, 1.165) is 55.4 Å². The van der Waals surface area contributed by atoms with Gasteiger partial charge in [0, 0.05) is 36.0 Å². The minimum absolute atomic E-state index is 0.0785. The molecule has 212 valence electrons. The number of hydrogen-bond donors (Lipinski definition) is 2. The lowest BCUT2D eigenvalue weighted by molar-refractivity contribution is -0.192. The molecule has 0 saturated carbocycles. The number of ketones is 1. The average Bonchev–Trinajstić information content (AvgIpc) is 3.24. The highest BCUT2D eigenvalue weighted by Crippen LogP contribution is 2.47. The van der Waals surface area contributed by atoms with Crippen LogP contribution in [0.3, 0.4) is 0 Å². The predicted octanol–water partition coefficient (Wildman–Crippen LogP) is 4.97. The number of fused-ring (bicyclic) bond motifs is 1. The van der Waals surface area contributed by atoms with Crippen molar-refractivity contribution >= 4 is 28.6 Å². The van der Waals surface area contributed by atoms with E-state index < -0.39 is 17.6 Å². The summed E-state index contributed by atoms with van der Waals surface area (Å²) in [6.45, 7) is 3.11. The number of pyridine rings is 1. The second-order valence-corrected chi connectivity index (χ2v) is 10.1. The van der Waals surface area contributed by atoms with E-state index in [1.807, 2.05) is 42.5 Å². The maximum Gasteiger partial charge on any atom is 0.490 e. The zero-order valence-corrected chi connectivity index (χ0v) is 21.6. The number of halogens is 4. The van der Waals surface area contributed by atoms with Crippen molar-refractivity contribution in [2.75, 3.05) is 26.2 Å². The summed E-state index contributed by atoms with van der Waals surface area (Å²) in [5.74, 6) is -2.69. The van der Waals surface area contributed by atoms with Crippen molar-refractivity contribution in [2.45, 2.75) is 37.8 Å². The average molecular weight is 560 g/mol. The van der Waals surface area contributed by atoms with Gasteiger partial charge in [0.1, 0.15) is 5.82 Å². The summed E-state index contributed by atoms with van der Waals surface area (Å²) in [7, 11) is 0. The van der Waals surface area contributed by atoms with Gasteiger partial charge in [0.2, 0.25) is 5.91 Å². The van der Waals surface area contributed by atoms with Crippen molar-refractivity contribution in [1.82, 2.24) is 15.2 Å². The number of carboxylic acids is 1. The summed E-state index contributed by atoms with van der Waals surface area (Å²) in [5, 5.41) is 11.2. The summed E-state index contributed by atoms with van der Waals surface area (Å²) >= 11 is 0. The van der Waals surface area contributed by atoms with Crippen molar-refractivity contribution in [3.05, 3.63) is 77.7 Å². The second-order valence-electron chi connectivity index (χ2n) is 10.1. The topological polar surface area (TPSA) is 99.6 Å². The number of piperidine rings is 1. The van der Waals surface area contributed by atoms with Gasteiger partial charge in [0.05, 0.1) is 10.9 Å². The smallest absolute Gasteiger partial charge is 0.475 e. The molecule has 0 aliphatic carbocycles. The molecule has 11 heteroatoms. The van der Waals surface area contributed by atoms with Crippen LogP contribution in [0.1, 0.15) is 47.5 Å². The number of nitrogens with zero attached hydrogens (tertiary/aromatic N) is 2. The number of benzene rings is 2. The van der Waals surface area contributed by atoms with E-state index in [4.69, 9.17) is 9.90 Å². The molecule has 1 amide bonds. The van der Waals surface area contributed by atoms with E-state index >= 15 is 0 Å². The lowest BCUT2D eigenvalue weighted by atomic mass is 9.68. The molecule has 3 heterocycles. The van der Waals surface area contributed by atoms with Crippen LogP contribution >= 0.6 is 0 Å². The Bertz CT molecular complexity index is 1370. The Morgan fingerprint density at radius 1 is 1.07 bits per heavy atom. The molecule has 1 aromatic heterocycles. The lowest BCUT2D eigenvalue weighted by Gasteiger charge is -2.41. The van der Waals surface area contributed by atoms with Gasteiger partial charge < -0.3 is 15.3 Å². The number of likely N-dealkylation sites (tertiary alicyclic amines) is 1. The van der Waals surface area contributed by atoms with Gasteiger partial charge in [-0.1, -0.05) is 30.3 Å². The number of aromatic nitrogens is 1. The molecule has 3 aromatic rings. The Kier molecular flexibility index (Phi) is 8.82. The highest BCUT2D eigenvalue weighted by atomic mass is 19.4. The molecule has 1 unspecified atom stereocenters. The molecule has 0 radical (unpaired) electrons. The largest absolute Gasteiger partial charge is 0.490 e. The zero-order chi connectivity index (χ0) is 28.9. The fourth-order valence-electron chi connectivity index (χ4n) is 5.44.